The molecule has 1 unspecified atom stereocenters. The summed E-state index contributed by atoms with van der Waals surface area (Å²) >= 11 is 1.48. The number of thiazole rings is 1. The standard InChI is InChI=1S/C18H18N4O2S/c23-22(24)15-6-7-16-17(10-15)25-18(20-16)19-14-8-9-21(12-14)11-13-4-2-1-3-5-13/h1-7,10,14H,8-9,11-12H2,(H,19,20). The van der Waals surface area contributed by atoms with Crippen molar-refractivity contribution in [1.29, 1.82) is 0 Å². The van der Waals surface area contributed by atoms with Gasteiger partial charge < -0.3 is 5.32 Å². The van der Waals surface area contributed by atoms with Gasteiger partial charge in [-0.3, -0.25) is 15.0 Å². The second-order valence-electron chi connectivity index (χ2n) is 6.28. The fraction of sp³-hybridized carbons (Fsp3) is 0.278. The lowest BCUT2D eigenvalue weighted by atomic mass is 10.2. The number of nitrogens with one attached hydrogen (secondary N) is 1. The van der Waals surface area contributed by atoms with E-state index in [-0.39, 0.29) is 10.6 Å². The van der Waals surface area contributed by atoms with Crippen LogP contribution in [0.4, 0.5) is 10.8 Å². The zero-order chi connectivity index (χ0) is 17.2. The smallest absolute Gasteiger partial charge is 0.270 e. The van der Waals surface area contributed by atoms with Gasteiger partial charge in [0.2, 0.25) is 0 Å². The molecule has 1 atom stereocenters. The highest BCUT2D eigenvalue weighted by Gasteiger charge is 2.23. The largest absolute Gasteiger partial charge is 0.357 e. The molecule has 25 heavy (non-hydrogen) atoms. The Morgan fingerprint density at radius 3 is 2.92 bits per heavy atom. The number of hydrogen-bond donors (Lipinski definition) is 1. The molecule has 2 aromatic carbocycles. The predicted octanol–water partition coefficient (Wildman–Crippen LogP) is 3.89. The maximum absolute atomic E-state index is 10.9. The molecule has 0 amide bonds. The fourth-order valence-electron chi connectivity index (χ4n) is 3.20. The number of likely N-dealkylation sites (tertiary alicyclic amines) is 1. The highest BCUT2D eigenvalue weighted by atomic mass is 32.1. The first kappa shape index (κ1) is 16.0. The third-order valence-corrected chi connectivity index (χ3v) is 5.38. The SMILES string of the molecule is O=[N+]([O-])c1ccc2nc(NC3CCN(Cc4ccccc4)C3)sc2c1. The lowest BCUT2D eigenvalue weighted by molar-refractivity contribution is -0.384. The second-order valence-corrected chi connectivity index (χ2v) is 7.31. The minimum atomic E-state index is -0.370. The van der Waals surface area contributed by atoms with Crippen molar-refractivity contribution < 1.29 is 4.92 Å². The quantitative estimate of drug-likeness (QED) is 0.556. The molecule has 1 saturated heterocycles. The van der Waals surface area contributed by atoms with Crippen LogP contribution in [0.1, 0.15) is 12.0 Å². The molecule has 4 rings (SSSR count). The van der Waals surface area contributed by atoms with Gasteiger partial charge in [-0.1, -0.05) is 41.7 Å². The number of nitrogens with zero attached hydrogens (tertiary/aromatic N) is 3. The van der Waals surface area contributed by atoms with Crippen LogP contribution in [0, 0.1) is 10.1 Å². The molecule has 1 N–H and O–H groups in total. The van der Waals surface area contributed by atoms with Crippen molar-refractivity contribution in [2.75, 3.05) is 18.4 Å². The third kappa shape index (κ3) is 3.62. The normalized spacial score (nSPS) is 17.8. The molecule has 1 aliphatic rings. The summed E-state index contributed by atoms with van der Waals surface area (Å²) in [4.78, 5) is 17.5. The van der Waals surface area contributed by atoms with E-state index in [4.69, 9.17) is 0 Å². The van der Waals surface area contributed by atoms with Gasteiger partial charge >= 0.3 is 0 Å². The molecule has 7 heteroatoms. The molecule has 1 aromatic heterocycles. The van der Waals surface area contributed by atoms with E-state index in [1.807, 2.05) is 6.07 Å². The van der Waals surface area contributed by atoms with Crippen LogP contribution in [0.3, 0.4) is 0 Å². The summed E-state index contributed by atoms with van der Waals surface area (Å²) in [6, 6.07) is 15.7. The fourth-order valence-corrected chi connectivity index (χ4v) is 4.17. The topological polar surface area (TPSA) is 71.3 Å². The number of benzene rings is 2. The van der Waals surface area contributed by atoms with Crippen LogP contribution in [-0.4, -0.2) is 33.9 Å². The van der Waals surface area contributed by atoms with E-state index in [2.05, 4.69) is 39.5 Å². The lowest BCUT2D eigenvalue weighted by Gasteiger charge is -2.16. The van der Waals surface area contributed by atoms with Crippen molar-refractivity contribution in [3.05, 3.63) is 64.2 Å². The number of non-ortho nitro benzene ring substituents is 1. The van der Waals surface area contributed by atoms with E-state index in [9.17, 15) is 10.1 Å². The Labute approximate surface area is 149 Å². The molecular formula is C18H18N4O2S. The molecule has 6 nitrogen and oxygen atoms in total. The average Bonchev–Trinajstić information content (AvgIpc) is 3.21. The van der Waals surface area contributed by atoms with E-state index in [0.717, 1.165) is 41.4 Å². The van der Waals surface area contributed by atoms with E-state index >= 15 is 0 Å². The minimum absolute atomic E-state index is 0.109. The molecule has 0 aliphatic carbocycles. The molecule has 0 radical (unpaired) electrons. The van der Waals surface area contributed by atoms with Crippen molar-refractivity contribution in [1.82, 2.24) is 9.88 Å². The van der Waals surface area contributed by atoms with E-state index in [0.29, 0.717) is 6.04 Å². The van der Waals surface area contributed by atoms with Crippen LogP contribution >= 0.6 is 11.3 Å². The summed E-state index contributed by atoms with van der Waals surface area (Å²) in [5.74, 6) is 0. The summed E-state index contributed by atoms with van der Waals surface area (Å²) in [6.07, 6.45) is 1.07. The van der Waals surface area contributed by atoms with E-state index < -0.39 is 0 Å². The molecular weight excluding hydrogens is 336 g/mol. The Morgan fingerprint density at radius 1 is 1.28 bits per heavy atom. The number of fused-ring (bicyclic) bond motifs is 1. The van der Waals surface area contributed by atoms with Crippen LogP contribution in [0.15, 0.2) is 48.5 Å². The number of anilines is 1. The predicted molar refractivity (Wildman–Crippen MR) is 100 cm³/mol. The Kier molecular flexibility index (Phi) is 4.33. The van der Waals surface area contributed by atoms with E-state index in [1.54, 1.807) is 12.1 Å². The first-order valence-corrected chi connectivity index (χ1v) is 9.07. The third-order valence-electron chi connectivity index (χ3n) is 4.43. The van der Waals surface area contributed by atoms with Crippen molar-refractivity contribution in [3.8, 4) is 0 Å². The van der Waals surface area contributed by atoms with Gasteiger partial charge in [-0.25, -0.2) is 4.98 Å². The van der Waals surface area contributed by atoms with Gasteiger partial charge in [-0.05, 0) is 18.1 Å². The maximum Gasteiger partial charge on any atom is 0.270 e. The molecule has 0 spiro atoms. The van der Waals surface area contributed by atoms with E-state index in [1.165, 1.54) is 23.0 Å². The van der Waals surface area contributed by atoms with Crippen molar-refractivity contribution in [3.63, 3.8) is 0 Å². The van der Waals surface area contributed by atoms with Crippen LogP contribution in [-0.2, 0) is 6.54 Å². The number of aromatic nitrogens is 1. The Morgan fingerprint density at radius 2 is 2.12 bits per heavy atom. The van der Waals surface area contributed by atoms with Crippen LogP contribution in [0.5, 0.6) is 0 Å². The first-order valence-electron chi connectivity index (χ1n) is 8.25. The second kappa shape index (κ2) is 6.78. The zero-order valence-corrected chi connectivity index (χ0v) is 14.4. The average molecular weight is 354 g/mol. The van der Waals surface area contributed by atoms with Gasteiger partial charge in [-0.2, -0.15) is 0 Å². The number of nitro benzene ring substituents is 1. The summed E-state index contributed by atoms with van der Waals surface area (Å²) in [6.45, 7) is 3.00. The molecule has 0 bridgehead atoms. The van der Waals surface area contributed by atoms with Crippen molar-refractivity contribution in [2.24, 2.45) is 0 Å². The van der Waals surface area contributed by atoms with Crippen molar-refractivity contribution >= 4 is 32.4 Å². The molecule has 128 valence electrons. The Hall–Kier alpha value is -2.51. The summed E-state index contributed by atoms with van der Waals surface area (Å²) in [5.41, 5.74) is 2.24. The van der Waals surface area contributed by atoms with Crippen LogP contribution in [0.2, 0.25) is 0 Å². The Balaban J connectivity index is 1.41. The first-order chi connectivity index (χ1) is 12.2. The summed E-state index contributed by atoms with van der Waals surface area (Å²) < 4.78 is 0.843. The molecule has 1 aliphatic heterocycles. The zero-order valence-electron chi connectivity index (χ0n) is 13.6. The van der Waals surface area contributed by atoms with Crippen molar-refractivity contribution in [2.45, 2.75) is 19.0 Å². The highest BCUT2D eigenvalue weighted by Crippen LogP contribution is 2.30. The van der Waals surface area contributed by atoms with Crippen LogP contribution < -0.4 is 5.32 Å². The summed E-state index contributed by atoms with van der Waals surface area (Å²) in [7, 11) is 0. The summed E-state index contributed by atoms with van der Waals surface area (Å²) in [5, 5.41) is 15.2. The highest BCUT2D eigenvalue weighted by molar-refractivity contribution is 7.22. The number of rotatable bonds is 5. The van der Waals surface area contributed by atoms with Gasteiger partial charge in [0.05, 0.1) is 15.1 Å². The van der Waals surface area contributed by atoms with Gasteiger partial charge in [-0.15, -0.1) is 0 Å². The van der Waals surface area contributed by atoms with Gasteiger partial charge in [0.25, 0.3) is 5.69 Å². The van der Waals surface area contributed by atoms with Gasteiger partial charge in [0.15, 0.2) is 5.13 Å². The van der Waals surface area contributed by atoms with Gasteiger partial charge in [0, 0.05) is 37.8 Å². The maximum atomic E-state index is 10.9. The molecule has 0 saturated carbocycles. The molecule has 1 fully saturated rings. The monoisotopic (exact) mass is 354 g/mol. The number of hydrogen-bond acceptors (Lipinski definition) is 6. The number of nitro groups is 1. The molecule has 3 aromatic rings. The molecule has 2 heterocycles. The lowest BCUT2D eigenvalue weighted by Crippen LogP contribution is -2.25. The van der Waals surface area contributed by atoms with Crippen LogP contribution in [0.25, 0.3) is 10.2 Å². The Bertz CT molecular complexity index is 896. The van der Waals surface area contributed by atoms with Gasteiger partial charge in [0.1, 0.15) is 0 Å². The minimum Gasteiger partial charge on any atom is -0.357 e.